The third-order valence-corrected chi connectivity index (χ3v) is 4.84. The summed E-state index contributed by atoms with van der Waals surface area (Å²) in [6.07, 6.45) is 0. The van der Waals surface area contributed by atoms with E-state index in [0.717, 1.165) is 10.8 Å². The van der Waals surface area contributed by atoms with E-state index in [4.69, 9.17) is 17.3 Å². The van der Waals surface area contributed by atoms with Gasteiger partial charge in [-0.05, 0) is 29.2 Å². The van der Waals surface area contributed by atoms with Crippen molar-refractivity contribution in [2.45, 2.75) is 30.9 Å². The summed E-state index contributed by atoms with van der Waals surface area (Å²) in [6, 6.07) is 6.19. The molecule has 2 atom stereocenters. The summed E-state index contributed by atoms with van der Waals surface area (Å²) >= 11 is 7.97. The van der Waals surface area contributed by atoms with E-state index in [0.29, 0.717) is 11.2 Å². The number of nitrogens with two attached hydrogens (primary N) is 1. The molecule has 0 radical (unpaired) electrons. The van der Waals surface area contributed by atoms with Gasteiger partial charge < -0.3 is 5.73 Å². The van der Waals surface area contributed by atoms with Crippen molar-refractivity contribution in [3.8, 4) is 0 Å². The van der Waals surface area contributed by atoms with Crippen molar-refractivity contribution in [3.05, 3.63) is 34.3 Å². The molecule has 2 N–H and O–H groups in total. The first-order chi connectivity index (χ1) is 7.09. The third kappa shape index (κ3) is 2.17. The van der Waals surface area contributed by atoms with E-state index in [9.17, 15) is 0 Å². The minimum atomic E-state index is 0.123. The second-order valence-corrected chi connectivity index (χ2v) is 5.99. The number of halogens is 1. The van der Waals surface area contributed by atoms with Gasteiger partial charge in [-0.15, -0.1) is 0 Å². The summed E-state index contributed by atoms with van der Waals surface area (Å²) in [5, 5.41) is 1.30. The van der Waals surface area contributed by atoms with E-state index >= 15 is 0 Å². The number of hydrogen-bond donors (Lipinski definition) is 1. The zero-order chi connectivity index (χ0) is 11.0. The molecule has 0 aliphatic carbocycles. The second kappa shape index (κ2) is 4.36. The van der Waals surface area contributed by atoms with Crippen LogP contribution >= 0.6 is 23.4 Å². The van der Waals surface area contributed by atoms with Crippen LogP contribution in [0.2, 0.25) is 5.02 Å². The lowest BCUT2D eigenvalue weighted by Gasteiger charge is -2.33. The molecule has 1 aromatic carbocycles. The van der Waals surface area contributed by atoms with Crippen molar-refractivity contribution in [2.24, 2.45) is 11.7 Å². The summed E-state index contributed by atoms with van der Waals surface area (Å²) in [5.41, 5.74) is 8.86. The van der Waals surface area contributed by atoms with Crippen LogP contribution in [0.1, 0.15) is 31.0 Å². The van der Waals surface area contributed by atoms with Gasteiger partial charge in [0.15, 0.2) is 0 Å². The molecule has 1 nitrogen and oxygen atoms in total. The molecule has 15 heavy (non-hydrogen) atoms. The Morgan fingerprint density at radius 2 is 2.20 bits per heavy atom. The van der Waals surface area contributed by atoms with Crippen LogP contribution in [-0.2, 0) is 5.75 Å². The zero-order valence-corrected chi connectivity index (χ0v) is 10.6. The summed E-state index contributed by atoms with van der Waals surface area (Å²) < 4.78 is 0. The van der Waals surface area contributed by atoms with Crippen LogP contribution in [-0.4, -0.2) is 5.25 Å². The predicted octanol–water partition coefficient (Wildman–Crippen LogP) is 3.61. The molecule has 0 saturated carbocycles. The number of hydrogen-bond acceptors (Lipinski definition) is 2. The monoisotopic (exact) mass is 241 g/mol. The van der Waals surface area contributed by atoms with E-state index < -0.39 is 0 Å². The maximum atomic E-state index is 6.28. The molecule has 1 aliphatic rings. The molecule has 0 amide bonds. The van der Waals surface area contributed by atoms with Crippen LogP contribution in [0.25, 0.3) is 0 Å². The Morgan fingerprint density at radius 3 is 2.87 bits per heavy atom. The Labute approximate surface area is 100 Å². The fourth-order valence-corrected chi connectivity index (χ4v) is 3.64. The number of thioether (sulfide) groups is 1. The Bertz CT molecular complexity index is 365. The molecule has 0 aromatic heterocycles. The van der Waals surface area contributed by atoms with Crippen molar-refractivity contribution in [1.29, 1.82) is 0 Å². The topological polar surface area (TPSA) is 26.0 Å². The fraction of sp³-hybridized carbons (Fsp3) is 0.500. The van der Waals surface area contributed by atoms with Crippen LogP contribution in [0.3, 0.4) is 0 Å². The molecule has 0 spiro atoms. The average molecular weight is 242 g/mol. The van der Waals surface area contributed by atoms with Gasteiger partial charge in [-0.1, -0.05) is 31.5 Å². The normalized spacial score (nSPS) is 25.4. The Balaban J connectivity index is 2.36. The molecular weight excluding hydrogens is 226 g/mol. The second-order valence-electron chi connectivity index (χ2n) is 4.39. The van der Waals surface area contributed by atoms with E-state index in [1.165, 1.54) is 11.1 Å². The maximum Gasteiger partial charge on any atom is 0.0421 e. The lowest BCUT2D eigenvalue weighted by Crippen LogP contribution is -2.31. The van der Waals surface area contributed by atoms with Crippen LogP contribution in [0, 0.1) is 5.92 Å². The van der Waals surface area contributed by atoms with Gasteiger partial charge in [0, 0.05) is 22.1 Å². The standard InChI is InChI=1S/C12H16ClNS/c1-7(2)12-11(14)10-5-9(13)4-3-8(10)6-15-12/h3-5,7,11-12H,6,14H2,1-2H3. The molecule has 0 bridgehead atoms. The van der Waals surface area contributed by atoms with Gasteiger partial charge in [0.05, 0.1) is 0 Å². The summed E-state index contributed by atoms with van der Waals surface area (Å²) in [7, 11) is 0. The molecule has 2 unspecified atom stereocenters. The van der Waals surface area contributed by atoms with Gasteiger partial charge in [0.1, 0.15) is 0 Å². The van der Waals surface area contributed by atoms with Crippen molar-refractivity contribution < 1.29 is 0 Å². The number of rotatable bonds is 1. The summed E-state index contributed by atoms with van der Waals surface area (Å²) in [5.74, 6) is 1.67. The predicted molar refractivity (Wildman–Crippen MR) is 68.3 cm³/mol. The number of fused-ring (bicyclic) bond motifs is 1. The Hall–Kier alpha value is -0.180. The Morgan fingerprint density at radius 1 is 1.47 bits per heavy atom. The lowest BCUT2D eigenvalue weighted by atomic mass is 9.93. The summed E-state index contributed by atoms with van der Waals surface area (Å²) in [4.78, 5) is 0. The van der Waals surface area contributed by atoms with Gasteiger partial charge in [-0.25, -0.2) is 0 Å². The van der Waals surface area contributed by atoms with Crippen molar-refractivity contribution in [1.82, 2.24) is 0 Å². The quantitative estimate of drug-likeness (QED) is 0.813. The molecule has 0 fully saturated rings. The van der Waals surface area contributed by atoms with E-state index in [1.807, 2.05) is 23.9 Å². The zero-order valence-electron chi connectivity index (χ0n) is 9.03. The first kappa shape index (κ1) is 11.3. The van der Waals surface area contributed by atoms with Gasteiger partial charge in [0.2, 0.25) is 0 Å². The lowest BCUT2D eigenvalue weighted by molar-refractivity contribution is 0.520. The molecule has 1 heterocycles. The fourth-order valence-electron chi connectivity index (χ4n) is 2.08. The largest absolute Gasteiger partial charge is 0.323 e. The van der Waals surface area contributed by atoms with Crippen molar-refractivity contribution in [2.75, 3.05) is 0 Å². The molecule has 1 aromatic rings. The summed E-state index contributed by atoms with van der Waals surface area (Å²) in [6.45, 7) is 4.46. The van der Waals surface area contributed by atoms with Crippen molar-refractivity contribution in [3.63, 3.8) is 0 Å². The van der Waals surface area contributed by atoms with Gasteiger partial charge in [0.25, 0.3) is 0 Å². The smallest absolute Gasteiger partial charge is 0.0421 e. The highest BCUT2D eigenvalue weighted by molar-refractivity contribution is 7.99. The first-order valence-electron chi connectivity index (χ1n) is 5.25. The molecule has 3 heteroatoms. The number of benzene rings is 1. The van der Waals surface area contributed by atoms with Crippen LogP contribution < -0.4 is 5.73 Å². The molecule has 82 valence electrons. The molecule has 0 saturated heterocycles. The van der Waals surface area contributed by atoms with Crippen LogP contribution in [0.15, 0.2) is 18.2 Å². The molecule has 1 aliphatic heterocycles. The van der Waals surface area contributed by atoms with E-state index in [2.05, 4.69) is 19.9 Å². The van der Waals surface area contributed by atoms with E-state index in [-0.39, 0.29) is 6.04 Å². The highest BCUT2D eigenvalue weighted by Gasteiger charge is 2.29. The first-order valence-corrected chi connectivity index (χ1v) is 6.68. The van der Waals surface area contributed by atoms with E-state index in [1.54, 1.807) is 0 Å². The maximum absolute atomic E-state index is 6.28. The molecule has 2 rings (SSSR count). The third-order valence-electron chi connectivity index (χ3n) is 2.91. The molecular formula is C12H16ClNS. The minimum Gasteiger partial charge on any atom is -0.323 e. The van der Waals surface area contributed by atoms with Crippen LogP contribution in [0.5, 0.6) is 0 Å². The van der Waals surface area contributed by atoms with Gasteiger partial charge >= 0.3 is 0 Å². The highest BCUT2D eigenvalue weighted by atomic mass is 35.5. The Kier molecular flexibility index (Phi) is 3.29. The van der Waals surface area contributed by atoms with Crippen LogP contribution in [0.4, 0.5) is 0 Å². The average Bonchev–Trinajstić information content (AvgIpc) is 2.19. The SMILES string of the molecule is CC(C)C1SCc2ccc(Cl)cc2C1N. The highest BCUT2D eigenvalue weighted by Crippen LogP contribution is 2.40. The van der Waals surface area contributed by atoms with Crippen molar-refractivity contribution >= 4 is 23.4 Å². The minimum absolute atomic E-state index is 0.123. The van der Waals surface area contributed by atoms with Gasteiger partial charge in [-0.2, -0.15) is 11.8 Å². The van der Waals surface area contributed by atoms with Gasteiger partial charge in [-0.3, -0.25) is 0 Å².